The lowest BCUT2D eigenvalue weighted by Crippen LogP contribution is -2.42. The predicted octanol–water partition coefficient (Wildman–Crippen LogP) is 2.10. The van der Waals surface area contributed by atoms with Gasteiger partial charge in [-0.3, -0.25) is 10.1 Å². The normalized spacial score (nSPS) is 26.4. The van der Waals surface area contributed by atoms with Crippen LogP contribution < -0.4 is 4.90 Å². The molecule has 0 aliphatic carbocycles. The summed E-state index contributed by atoms with van der Waals surface area (Å²) in [5, 5.41) is 11.0. The third kappa shape index (κ3) is 1.82. The maximum Gasteiger partial charge on any atom is 0.327 e. The van der Waals surface area contributed by atoms with Gasteiger partial charge in [0.25, 0.3) is 0 Å². The molecule has 5 nitrogen and oxygen atoms in total. The Bertz CT molecular complexity index is 482. The Morgan fingerprint density at radius 1 is 1.33 bits per heavy atom. The minimum atomic E-state index is -0.781. The Morgan fingerprint density at radius 3 is 2.61 bits per heavy atom. The SMILES string of the molecule is O=[N+]([O-])c1c(F)cccc1N1CC2CCC(C1)O2. The van der Waals surface area contributed by atoms with Crippen molar-refractivity contribution in [3.05, 3.63) is 34.1 Å². The molecule has 96 valence electrons. The predicted molar refractivity (Wildman–Crippen MR) is 63.2 cm³/mol. The van der Waals surface area contributed by atoms with Crippen LogP contribution in [0.15, 0.2) is 18.2 Å². The first kappa shape index (κ1) is 11.4. The first-order valence-electron chi connectivity index (χ1n) is 5.98. The zero-order valence-corrected chi connectivity index (χ0v) is 9.71. The molecule has 0 saturated carbocycles. The molecule has 2 saturated heterocycles. The quantitative estimate of drug-likeness (QED) is 0.597. The van der Waals surface area contributed by atoms with E-state index in [9.17, 15) is 14.5 Å². The summed E-state index contributed by atoms with van der Waals surface area (Å²) in [6.45, 7) is 1.20. The number of nitro benzene ring substituents is 1. The highest BCUT2D eigenvalue weighted by Crippen LogP contribution is 2.35. The topological polar surface area (TPSA) is 55.6 Å². The lowest BCUT2D eigenvalue weighted by molar-refractivity contribution is -0.386. The fourth-order valence-electron chi connectivity index (χ4n) is 2.75. The van der Waals surface area contributed by atoms with Crippen LogP contribution in [0.25, 0.3) is 0 Å². The minimum absolute atomic E-state index is 0.117. The number of morpholine rings is 1. The highest BCUT2D eigenvalue weighted by Gasteiger charge is 2.36. The molecule has 2 atom stereocenters. The molecule has 18 heavy (non-hydrogen) atoms. The first-order chi connectivity index (χ1) is 8.65. The zero-order valence-electron chi connectivity index (χ0n) is 9.71. The van der Waals surface area contributed by atoms with Crippen LogP contribution in [0.5, 0.6) is 0 Å². The van der Waals surface area contributed by atoms with E-state index in [-0.39, 0.29) is 12.2 Å². The van der Waals surface area contributed by atoms with Crippen molar-refractivity contribution >= 4 is 11.4 Å². The van der Waals surface area contributed by atoms with Crippen LogP contribution in [0.3, 0.4) is 0 Å². The van der Waals surface area contributed by atoms with Crippen molar-refractivity contribution in [3.63, 3.8) is 0 Å². The molecule has 1 aromatic rings. The van der Waals surface area contributed by atoms with Gasteiger partial charge in [0, 0.05) is 13.1 Å². The number of anilines is 1. The summed E-state index contributed by atoms with van der Waals surface area (Å²) in [4.78, 5) is 12.2. The van der Waals surface area contributed by atoms with E-state index in [2.05, 4.69) is 0 Å². The molecule has 2 aliphatic heterocycles. The van der Waals surface area contributed by atoms with Crippen LogP contribution in [0.4, 0.5) is 15.8 Å². The number of para-hydroxylation sites is 1. The average Bonchev–Trinajstić information content (AvgIpc) is 2.67. The second kappa shape index (κ2) is 4.20. The van der Waals surface area contributed by atoms with E-state index >= 15 is 0 Å². The molecule has 6 heteroatoms. The lowest BCUT2D eigenvalue weighted by atomic mass is 10.2. The molecule has 2 unspecified atom stereocenters. The number of rotatable bonds is 2. The van der Waals surface area contributed by atoms with Gasteiger partial charge >= 0.3 is 5.69 Å². The number of ether oxygens (including phenoxy) is 1. The van der Waals surface area contributed by atoms with Gasteiger partial charge < -0.3 is 9.64 Å². The van der Waals surface area contributed by atoms with Crippen LogP contribution in [0.2, 0.25) is 0 Å². The molecule has 1 aromatic carbocycles. The monoisotopic (exact) mass is 252 g/mol. The maximum absolute atomic E-state index is 13.6. The highest BCUT2D eigenvalue weighted by molar-refractivity contribution is 5.64. The largest absolute Gasteiger partial charge is 0.371 e. The summed E-state index contributed by atoms with van der Waals surface area (Å²) < 4.78 is 19.2. The fourth-order valence-corrected chi connectivity index (χ4v) is 2.75. The summed E-state index contributed by atoms with van der Waals surface area (Å²) in [5.74, 6) is -0.781. The Kier molecular flexibility index (Phi) is 2.66. The van der Waals surface area contributed by atoms with Gasteiger partial charge in [0.2, 0.25) is 5.82 Å². The van der Waals surface area contributed by atoms with E-state index in [1.807, 2.05) is 4.90 Å². The van der Waals surface area contributed by atoms with Crippen LogP contribution in [-0.2, 0) is 4.74 Å². The van der Waals surface area contributed by atoms with Crippen molar-refractivity contribution in [2.75, 3.05) is 18.0 Å². The Morgan fingerprint density at radius 2 is 2.00 bits per heavy atom. The summed E-state index contributed by atoms with van der Waals surface area (Å²) in [7, 11) is 0. The molecule has 0 spiro atoms. The molecule has 0 N–H and O–H groups in total. The van der Waals surface area contributed by atoms with E-state index in [4.69, 9.17) is 4.74 Å². The van der Waals surface area contributed by atoms with E-state index in [1.54, 1.807) is 6.07 Å². The molecule has 0 amide bonds. The molecule has 0 aromatic heterocycles. The number of hydrogen-bond acceptors (Lipinski definition) is 4. The Balaban J connectivity index is 1.97. The maximum atomic E-state index is 13.6. The Labute approximate surface area is 103 Å². The zero-order chi connectivity index (χ0) is 12.7. The van der Waals surface area contributed by atoms with Gasteiger partial charge in [-0.25, -0.2) is 0 Å². The highest BCUT2D eigenvalue weighted by atomic mass is 19.1. The second-order valence-electron chi connectivity index (χ2n) is 4.73. The second-order valence-corrected chi connectivity index (χ2v) is 4.73. The summed E-state index contributed by atoms with van der Waals surface area (Å²) in [6.07, 6.45) is 2.19. The van der Waals surface area contributed by atoms with Crippen molar-refractivity contribution in [1.82, 2.24) is 0 Å². The number of benzene rings is 1. The van der Waals surface area contributed by atoms with Crippen LogP contribution >= 0.6 is 0 Å². The van der Waals surface area contributed by atoms with Crippen molar-refractivity contribution in [2.24, 2.45) is 0 Å². The van der Waals surface area contributed by atoms with Crippen molar-refractivity contribution in [3.8, 4) is 0 Å². The third-order valence-corrected chi connectivity index (χ3v) is 3.53. The van der Waals surface area contributed by atoms with Gasteiger partial charge in [-0.1, -0.05) is 6.07 Å². The number of hydrogen-bond donors (Lipinski definition) is 0. The molecular weight excluding hydrogens is 239 g/mol. The standard InChI is InChI=1S/C12H13FN2O3/c13-10-2-1-3-11(12(10)15(16)17)14-6-8-4-5-9(7-14)18-8/h1-3,8-9H,4-7H2. The summed E-state index contributed by atoms with van der Waals surface area (Å²) in [6, 6.07) is 4.23. The number of nitrogens with zero attached hydrogens (tertiary/aromatic N) is 2. The van der Waals surface area contributed by atoms with Gasteiger partial charge in [0.15, 0.2) is 0 Å². The molecular formula is C12H13FN2O3. The van der Waals surface area contributed by atoms with Gasteiger partial charge in [-0.15, -0.1) is 0 Å². The van der Waals surface area contributed by atoms with Gasteiger partial charge in [0.05, 0.1) is 17.1 Å². The molecule has 2 fully saturated rings. The fraction of sp³-hybridized carbons (Fsp3) is 0.500. The van der Waals surface area contributed by atoms with Crippen LogP contribution in [0, 0.1) is 15.9 Å². The molecule has 2 aliphatic rings. The first-order valence-corrected chi connectivity index (χ1v) is 5.98. The molecule has 2 bridgehead atoms. The molecule has 3 rings (SSSR count). The van der Waals surface area contributed by atoms with Gasteiger partial charge in [-0.2, -0.15) is 4.39 Å². The van der Waals surface area contributed by atoms with Crippen LogP contribution in [0.1, 0.15) is 12.8 Å². The van der Waals surface area contributed by atoms with E-state index < -0.39 is 16.4 Å². The average molecular weight is 252 g/mol. The molecule has 0 radical (unpaired) electrons. The number of nitro groups is 1. The lowest BCUT2D eigenvalue weighted by Gasteiger charge is -2.33. The van der Waals surface area contributed by atoms with Crippen molar-refractivity contribution < 1.29 is 14.1 Å². The van der Waals surface area contributed by atoms with Gasteiger partial charge in [-0.05, 0) is 25.0 Å². The Hall–Kier alpha value is -1.69. The third-order valence-electron chi connectivity index (χ3n) is 3.53. The van der Waals surface area contributed by atoms with E-state index in [0.717, 1.165) is 18.9 Å². The number of halogens is 1. The van der Waals surface area contributed by atoms with Crippen molar-refractivity contribution in [2.45, 2.75) is 25.0 Å². The summed E-state index contributed by atoms with van der Waals surface area (Å²) >= 11 is 0. The molecule has 2 heterocycles. The van der Waals surface area contributed by atoms with Crippen LogP contribution in [-0.4, -0.2) is 30.2 Å². The van der Waals surface area contributed by atoms with Gasteiger partial charge in [0.1, 0.15) is 5.69 Å². The smallest absolute Gasteiger partial charge is 0.327 e. The minimum Gasteiger partial charge on any atom is -0.371 e. The van der Waals surface area contributed by atoms with E-state index in [0.29, 0.717) is 18.8 Å². The summed E-state index contributed by atoms with van der Waals surface area (Å²) in [5.41, 5.74) is -0.0704. The van der Waals surface area contributed by atoms with E-state index in [1.165, 1.54) is 6.07 Å². The number of fused-ring (bicyclic) bond motifs is 2. The van der Waals surface area contributed by atoms with Crippen molar-refractivity contribution in [1.29, 1.82) is 0 Å².